The molecule has 0 atom stereocenters. The molecule has 0 N–H and O–H groups in total. The molecule has 0 amide bonds. The minimum atomic E-state index is -4.38. The first-order valence-corrected chi connectivity index (χ1v) is 5.97. The molecule has 0 spiro atoms. The summed E-state index contributed by atoms with van der Waals surface area (Å²) < 4.78 is 37.9. The van der Waals surface area contributed by atoms with E-state index >= 15 is 0 Å². The zero-order valence-corrected chi connectivity index (χ0v) is 9.84. The maximum Gasteiger partial charge on any atom is 0.433 e. The summed E-state index contributed by atoms with van der Waals surface area (Å²) in [7, 11) is 0. The van der Waals surface area contributed by atoms with E-state index in [1.807, 2.05) is 0 Å². The lowest BCUT2D eigenvalue weighted by Gasteiger charge is -2.12. The highest BCUT2D eigenvalue weighted by Crippen LogP contribution is 2.48. The van der Waals surface area contributed by atoms with Crippen LogP contribution < -0.4 is 0 Å². The molecule has 0 aromatic carbocycles. The third-order valence-electron chi connectivity index (χ3n) is 2.53. The Balaban J connectivity index is 2.35. The standard InChI is InChI=1S/C9H8F3IN2/c10-9(11,12)6-1-4-14-7(15-6)8(5-13)2-3-8/h1,4H,2-3,5H2. The normalized spacial score (nSPS) is 18.9. The molecule has 15 heavy (non-hydrogen) atoms. The van der Waals surface area contributed by atoms with Crippen molar-refractivity contribution in [3.05, 3.63) is 23.8 Å². The zero-order valence-electron chi connectivity index (χ0n) is 7.68. The molecule has 1 heterocycles. The van der Waals surface area contributed by atoms with Crippen LogP contribution in [0.15, 0.2) is 12.3 Å². The molecule has 1 aromatic rings. The van der Waals surface area contributed by atoms with E-state index in [1.165, 1.54) is 6.20 Å². The van der Waals surface area contributed by atoms with Gasteiger partial charge in [-0.05, 0) is 18.9 Å². The second kappa shape index (κ2) is 3.57. The van der Waals surface area contributed by atoms with Gasteiger partial charge < -0.3 is 0 Å². The van der Waals surface area contributed by atoms with Crippen molar-refractivity contribution in [1.29, 1.82) is 0 Å². The molecule has 0 saturated heterocycles. The van der Waals surface area contributed by atoms with Crippen LogP contribution in [0.5, 0.6) is 0 Å². The number of halogens is 4. The van der Waals surface area contributed by atoms with Crippen LogP contribution in [-0.2, 0) is 11.6 Å². The van der Waals surface area contributed by atoms with Crippen molar-refractivity contribution in [3.8, 4) is 0 Å². The average molecular weight is 328 g/mol. The van der Waals surface area contributed by atoms with E-state index < -0.39 is 11.9 Å². The molecule has 1 aliphatic carbocycles. The van der Waals surface area contributed by atoms with E-state index in [4.69, 9.17) is 0 Å². The summed E-state index contributed by atoms with van der Waals surface area (Å²) in [6, 6.07) is 0.909. The zero-order chi connectivity index (χ0) is 11.1. The average Bonchev–Trinajstić information content (AvgIpc) is 2.97. The maximum atomic E-state index is 12.4. The second-order valence-corrected chi connectivity index (χ2v) is 4.44. The number of hydrogen-bond acceptors (Lipinski definition) is 2. The lowest BCUT2D eigenvalue weighted by Crippen LogP contribution is -2.17. The Morgan fingerprint density at radius 1 is 1.40 bits per heavy atom. The van der Waals surface area contributed by atoms with Crippen molar-refractivity contribution in [3.63, 3.8) is 0 Å². The van der Waals surface area contributed by atoms with Crippen molar-refractivity contribution in [2.75, 3.05) is 4.43 Å². The van der Waals surface area contributed by atoms with Gasteiger partial charge in [0.25, 0.3) is 0 Å². The first kappa shape index (κ1) is 11.1. The molecule has 1 fully saturated rings. The number of nitrogens with zero attached hydrogens (tertiary/aromatic N) is 2. The van der Waals surface area contributed by atoms with Gasteiger partial charge in [-0.15, -0.1) is 0 Å². The second-order valence-electron chi connectivity index (χ2n) is 3.68. The van der Waals surface area contributed by atoms with Gasteiger partial charge in [-0.1, -0.05) is 22.6 Å². The van der Waals surface area contributed by atoms with Crippen LogP contribution in [0, 0.1) is 0 Å². The molecule has 0 radical (unpaired) electrons. The summed E-state index contributed by atoms with van der Waals surface area (Å²) in [5.74, 6) is 0.340. The van der Waals surface area contributed by atoms with Crippen LogP contribution in [-0.4, -0.2) is 14.4 Å². The highest BCUT2D eigenvalue weighted by atomic mass is 127. The molecular weight excluding hydrogens is 320 g/mol. The van der Waals surface area contributed by atoms with Crippen molar-refractivity contribution in [2.24, 2.45) is 0 Å². The fraction of sp³-hybridized carbons (Fsp3) is 0.556. The Morgan fingerprint density at radius 2 is 2.07 bits per heavy atom. The lowest BCUT2D eigenvalue weighted by atomic mass is 10.1. The molecule has 0 unspecified atom stereocenters. The van der Waals surface area contributed by atoms with Gasteiger partial charge in [-0.25, -0.2) is 9.97 Å². The molecule has 0 bridgehead atoms. The first-order valence-electron chi connectivity index (χ1n) is 4.45. The van der Waals surface area contributed by atoms with Crippen molar-refractivity contribution in [1.82, 2.24) is 9.97 Å². The molecular formula is C9H8F3IN2. The molecule has 2 rings (SSSR count). The minimum Gasteiger partial charge on any atom is -0.241 e. The minimum absolute atomic E-state index is 0.193. The van der Waals surface area contributed by atoms with Crippen LogP contribution in [0.4, 0.5) is 13.2 Å². The van der Waals surface area contributed by atoms with E-state index in [0.29, 0.717) is 5.82 Å². The summed E-state index contributed by atoms with van der Waals surface area (Å²) in [6.07, 6.45) is -1.41. The van der Waals surface area contributed by atoms with E-state index in [2.05, 4.69) is 32.6 Å². The molecule has 6 heteroatoms. The smallest absolute Gasteiger partial charge is 0.241 e. The SMILES string of the molecule is FC(F)(F)c1ccnc(C2(CI)CC2)n1. The predicted octanol–water partition coefficient (Wildman–Crippen LogP) is 2.96. The number of rotatable bonds is 2. The van der Waals surface area contributed by atoms with Gasteiger partial charge in [0.05, 0.1) is 0 Å². The third-order valence-corrected chi connectivity index (χ3v) is 3.99. The van der Waals surface area contributed by atoms with Crippen LogP contribution in [0.2, 0.25) is 0 Å². The quantitative estimate of drug-likeness (QED) is 0.616. The molecule has 1 aromatic heterocycles. The van der Waals surface area contributed by atoms with Crippen LogP contribution in [0.25, 0.3) is 0 Å². The fourth-order valence-electron chi connectivity index (χ4n) is 1.34. The van der Waals surface area contributed by atoms with Gasteiger partial charge in [0, 0.05) is 16.0 Å². The topological polar surface area (TPSA) is 25.8 Å². The van der Waals surface area contributed by atoms with Gasteiger partial charge >= 0.3 is 6.18 Å². The van der Waals surface area contributed by atoms with Gasteiger partial charge in [0.15, 0.2) is 0 Å². The summed E-state index contributed by atoms with van der Waals surface area (Å²) in [5.41, 5.74) is -1.04. The third kappa shape index (κ3) is 2.09. The molecule has 82 valence electrons. The van der Waals surface area contributed by atoms with Gasteiger partial charge in [-0.3, -0.25) is 0 Å². The number of aromatic nitrogens is 2. The lowest BCUT2D eigenvalue weighted by molar-refractivity contribution is -0.141. The van der Waals surface area contributed by atoms with Crippen molar-refractivity contribution in [2.45, 2.75) is 24.4 Å². The van der Waals surface area contributed by atoms with E-state index in [-0.39, 0.29) is 5.41 Å². The van der Waals surface area contributed by atoms with E-state index in [1.54, 1.807) is 0 Å². The highest BCUT2D eigenvalue weighted by Gasteiger charge is 2.47. The van der Waals surface area contributed by atoms with E-state index in [0.717, 1.165) is 23.3 Å². The van der Waals surface area contributed by atoms with Crippen molar-refractivity contribution >= 4 is 22.6 Å². The Kier molecular flexibility index (Phi) is 2.64. The predicted molar refractivity (Wildman–Crippen MR) is 56.8 cm³/mol. The van der Waals surface area contributed by atoms with Gasteiger partial charge in [-0.2, -0.15) is 13.2 Å². The Hall–Kier alpha value is -0.400. The van der Waals surface area contributed by atoms with Crippen LogP contribution in [0.3, 0.4) is 0 Å². The number of hydrogen-bond donors (Lipinski definition) is 0. The molecule has 0 aliphatic heterocycles. The number of alkyl halides is 4. The van der Waals surface area contributed by atoms with Crippen LogP contribution in [0.1, 0.15) is 24.4 Å². The largest absolute Gasteiger partial charge is 0.433 e. The maximum absolute atomic E-state index is 12.4. The van der Waals surface area contributed by atoms with Crippen molar-refractivity contribution < 1.29 is 13.2 Å². The van der Waals surface area contributed by atoms with Gasteiger partial charge in [0.2, 0.25) is 0 Å². The summed E-state index contributed by atoms with van der Waals surface area (Å²) >= 11 is 2.17. The fourth-order valence-corrected chi connectivity index (χ4v) is 2.44. The highest BCUT2D eigenvalue weighted by molar-refractivity contribution is 14.1. The summed E-state index contributed by atoms with van der Waals surface area (Å²) in [4.78, 5) is 7.55. The van der Waals surface area contributed by atoms with E-state index in [9.17, 15) is 13.2 Å². The Morgan fingerprint density at radius 3 is 2.53 bits per heavy atom. The Labute approximate surface area is 98.4 Å². The monoisotopic (exact) mass is 328 g/mol. The molecule has 1 aliphatic rings. The molecule has 2 nitrogen and oxygen atoms in total. The van der Waals surface area contributed by atoms with Gasteiger partial charge in [0.1, 0.15) is 11.5 Å². The van der Waals surface area contributed by atoms with Crippen LogP contribution >= 0.6 is 22.6 Å². The Bertz CT molecular complexity index is 374. The first-order chi connectivity index (χ1) is 6.98. The summed E-state index contributed by atoms with van der Waals surface area (Å²) in [5, 5.41) is 0. The molecule has 1 saturated carbocycles. The summed E-state index contributed by atoms with van der Waals surface area (Å²) in [6.45, 7) is 0.